The predicted octanol–water partition coefficient (Wildman–Crippen LogP) is 3.69. The Kier molecular flexibility index (Phi) is 19.4. The van der Waals surface area contributed by atoms with Crippen molar-refractivity contribution in [1.29, 1.82) is 0 Å². The number of carbonyl (C=O) groups excluding carboxylic acids is 1. The Morgan fingerprint density at radius 3 is 1.59 bits per heavy atom. The van der Waals surface area contributed by atoms with E-state index in [4.69, 9.17) is 29.2 Å². The molecule has 2 N–H and O–H groups in total. The maximum Gasteiger partial charge on any atom is 0.508 e. The molecule has 27 heavy (non-hydrogen) atoms. The highest BCUT2D eigenvalue weighted by atomic mass is 16.7. The van der Waals surface area contributed by atoms with Crippen molar-refractivity contribution in [3.05, 3.63) is 0 Å². The van der Waals surface area contributed by atoms with Gasteiger partial charge in [-0.05, 0) is 47.5 Å². The number of ether oxygens (including phenoxy) is 4. The zero-order valence-corrected chi connectivity index (χ0v) is 18.3. The van der Waals surface area contributed by atoms with Crippen molar-refractivity contribution >= 4 is 6.16 Å². The van der Waals surface area contributed by atoms with E-state index in [0.717, 1.165) is 25.7 Å². The summed E-state index contributed by atoms with van der Waals surface area (Å²) in [6.07, 6.45) is 2.53. The quantitative estimate of drug-likeness (QED) is 0.460. The van der Waals surface area contributed by atoms with E-state index < -0.39 is 12.3 Å². The molecule has 0 rings (SSSR count). The Morgan fingerprint density at radius 1 is 0.778 bits per heavy atom. The van der Waals surface area contributed by atoms with E-state index >= 15 is 0 Å². The summed E-state index contributed by atoms with van der Waals surface area (Å²) in [6.45, 7) is 14.0. The summed E-state index contributed by atoms with van der Waals surface area (Å²) in [4.78, 5) is 11.2. The molecule has 7 nitrogen and oxygen atoms in total. The van der Waals surface area contributed by atoms with Gasteiger partial charge in [-0.3, -0.25) is 0 Å². The van der Waals surface area contributed by atoms with Gasteiger partial charge in [-0.15, -0.1) is 0 Å². The lowest BCUT2D eigenvalue weighted by molar-refractivity contribution is -0.0620. The molecule has 0 aliphatic carbocycles. The Labute approximate surface area is 165 Å². The minimum atomic E-state index is -0.535. The summed E-state index contributed by atoms with van der Waals surface area (Å²) >= 11 is 0. The number of hydrogen-bond donors (Lipinski definition) is 2. The fraction of sp³-hybridized carbons (Fsp3) is 0.950. The van der Waals surface area contributed by atoms with Crippen molar-refractivity contribution in [1.82, 2.24) is 0 Å². The second kappa shape index (κ2) is 18.5. The predicted molar refractivity (Wildman–Crippen MR) is 106 cm³/mol. The van der Waals surface area contributed by atoms with Gasteiger partial charge >= 0.3 is 6.16 Å². The summed E-state index contributed by atoms with van der Waals surface area (Å²) in [7, 11) is 0. The van der Waals surface area contributed by atoms with Crippen LogP contribution in [0, 0.1) is 0 Å². The van der Waals surface area contributed by atoms with Crippen LogP contribution < -0.4 is 0 Å². The third kappa shape index (κ3) is 21.3. The van der Waals surface area contributed by atoms with Crippen LogP contribution in [0.1, 0.15) is 74.1 Å². The lowest BCUT2D eigenvalue weighted by atomic mass is 10.2. The van der Waals surface area contributed by atoms with Crippen LogP contribution in [0.15, 0.2) is 0 Å². The molecule has 7 heteroatoms. The average Bonchev–Trinajstić information content (AvgIpc) is 2.58. The fourth-order valence-electron chi connectivity index (χ4n) is 1.99. The van der Waals surface area contributed by atoms with Crippen molar-refractivity contribution in [2.24, 2.45) is 0 Å². The van der Waals surface area contributed by atoms with Gasteiger partial charge in [0.1, 0.15) is 12.2 Å². The molecule has 0 spiro atoms. The highest BCUT2D eigenvalue weighted by Gasteiger charge is 2.13. The van der Waals surface area contributed by atoms with E-state index in [9.17, 15) is 4.79 Å². The average molecular weight is 395 g/mol. The first kappa shape index (κ1) is 28.3. The summed E-state index contributed by atoms with van der Waals surface area (Å²) in [5.74, 6) is 0. The van der Waals surface area contributed by atoms with Crippen LogP contribution in [-0.4, -0.2) is 66.7 Å². The molecule has 0 aromatic rings. The van der Waals surface area contributed by atoms with Crippen LogP contribution in [0.4, 0.5) is 4.79 Å². The van der Waals surface area contributed by atoms with Crippen molar-refractivity contribution in [3.63, 3.8) is 0 Å². The smallest absolute Gasteiger partial charge is 0.431 e. The largest absolute Gasteiger partial charge is 0.508 e. The van der Waals surface area contributed by atoms with Crippen LogP contribution in [0.2, 0.25) is 0 Å². The van der Waals surface area contributed by atoms with E-state index in [1.54, 1.807) is 13.8 Å². The lowest BCUT2D eigenvalue weighted by Crippen LogP contribution is -2.24. The monoisotopic (exact) mass is 394 g/mol. The molecule has 0 aromatic heterocycles. The van der Waals surface area contributed by atoms with E-state index in [1.165, 1.54) is 0 Å². The molecular weight excluding hydrogens is 352 g/mol. The van der Waals surface area contributed by atoms with Crippen LogP contribution in [-0.2, 0) is 18.9 Å². The van der Waals surface area contributed by atoms with Crippen molar-refractivity contribution in [3.8, 4) is 0 Å². The van der Waals surface area contributed by atoms with Gasteiger partial charge in [-0.2, -0.15) is 0 Å². The number of rotatable bonds is 13. The summed E-state index contributed by atoms with van der Waals surface area (Å²) in [5, 5.41) is 17.6. The molecule has 0 saturated carbocycles. The highest BCUT2D eigenvalue weighted by Crippen LogP contribution is 2.06. The molecule has 0 aromatic carbocycles. The molecule has 0 saturated heterocycles. The molecule has 0 amide bonds. The zero-order valence-electron chi connectivity index (χ0n) is 18.3. The Bertz CT molecular complexity index is 320. The molecule has 164 valence electrons. The second-order valence-electron chi connectivity index (χ2n) is 7.00. The van der Waals surface area contributed by atoms with Crippen molar-refractivity contribution in [2.75, 3.05) is 19.8 Å². The molecule has 5 unspecified atom stereocenters. The van der Waals surface area contributed by atoms with E-state index in [-0.39, 0.29) is 31.0 Å². The summed E-state index contributed by atoms with van der Waals surface area (Å²) in [6, 6.07) is 0. The summed E-state index contributed by atoms with van der Waals surface area (Å²) in [5.41, 5.74) is 0. The molecule has 0 fully saturated rings. The van der Waals surface area contributed by atoms with Crippen LogP contribution in [0.25, 0.3) is 0 Å². The minimum Gasteiger partial charge on any atom is -0.431 e. The van der Waals surface area contributed by atoms with Gasteiger partial charge < -0.3 is 29.2 Å². The first-order chi connectivity index (χ1) is 12.7. The highest BCUT2D eigenvalue weighted by molar-refractivity contribution is 5.60. The van der Waals surface area contributed by atoms with Gasteiger partial charge in [0.15, 0.2) is 0 Å². The summed E-state index contributed by atoms with van der Waals surface area (Å²) < 4.78 is 20.6. The van der Waals surface area contributed by atoms with Gasteiger partial charge in [0.25, 0.3) is 0 Å². The lowest BCUT2D eigenvalue weighted by Gasteiger charge is -2.16. The molecule has 0 aliphatic rings. The fourth-order valence-corrected chi connectivity index (χ4v) is 1.99. The van der Waals surface area contributed by atoms with Crippen molar-refractivity contribution in [2.45, 2.75) is 105 Å². The minimum absolute atomic E-state index is 0.0170. The van der Waals surface area contributed by atoms with Gasteiger partial charge in [-0.1, -0.05) is 26.7 Å². The SMILES string of the molecule is CC(O)COC(C)COC(C)CO.CCCC(C)OC(=O)OC(C)CCC. The topological polar surface area (TPSA) is 94.5 Å². The van der Waals surface area contributed by atoms with Crippen LogP contribution in [0.3, 0.4) is 0 Å². The number of aliphatic hydroxyl groups is 2. The van der Waals surface area contributed by atoms with E-state index in [2.05, 4.69) is 13.8 Å². The molecule has 0 radical (unpaired) electrons. The Hall–Kier alpha value is -0.890. The molecule has 5 atom stereocenters. The van der Waals surface area contributed by atoms with E-state index in [1.807, 2.05) is 20.8 Å². The molecular formula is C20H42O7. The maximum absolute atomic E-state index is 11.2. The Morgan fingerprint density at radius 2 is 1.22 bits per heavy atom. The van der Waals surface area contributed by atoms with E-state index in [0.29, 0.717) is 13.2 Å². The van der Waals surface area contributed by atoms with Gasteiger partial charge in [0.2, 0.25) is 0 Å². The first-order valence-electron chi connectivity index (χ1n) is 10.0. The van der Waals surface area contributed by atoms with Gasteiger partial charge in [-0.25, -0.2) is 4.79 Å². The molecule has 0 aliphatic heterocycles. The first-order valence-corrected chi connectivity index (χ1v) is 10.0. The number of aliphatic hydroxyl groups excluding tert-OH is 2. The third-order valence-electron chi connectivity index (χ3n) is 3.48. The van der Waals surface area contributed by atoms with Gasteiger partial charge in [0.05, 0.1) is 38.1 Å². The normalized spacial score (nSPS) is 16.3. The zero-order chi connectivity index (χ0) is 21.2. The number of hydrogen-bond acceptors (Lipinski definition) is 7. The maximum atomic E-state index is 11.2. The number of carbonyl (C=O) groups is 1. The van der Waals surface area contributed by atoms with Crippen LogP contribution >= 0.6 is 0 Å². The third-order valence-corrected chi connectivity index (χ3v) is 3.48. The molecule has 0 bridgehead atoms. The Balaban J connectivity index is 0. The van der Waals surface area contributed by atoms with Crippen LogP contribution in [0.5, 0.6) is 0 Å². The molecule has 0 heterocycles. The van der Waals surface area contributed by atoms with Gasteiger partial charge in [0, 0.05) is 0 Å². The second-order valence-corrected chi connectivity index (χ2v) is 7.00. The standard InChI is InChI=1S/C11H22O3.C9H20O4/c1-5-7-9(3)13-11(12)14-10(4)8-6-2;1-7(11)5-12-9(3)6-13-8(2)4-10/h9-10H,5-8H2,1-4H3;7-11H,4-6H2,1-3H3. The van der Waals surface area contributed by atoms with Crippen molar-refractivity contribution < 1.29 is 34.0 Å².